The number of ether oxygens (including phenoxy) is 3. The van der Waals surface area contributed by atoms with E-state index in [-0.39, 0.29) is 18.1 Å². The van der Waals surface area contributed by atoms with E-state index in [9.17, 15) is 0 Å². The molecule has 2 N–H and O–H groups in total. The van der Waals surface area contributed by atoms with Crippen molar-refractivity contribution in [3.05, 3.63) is 48.9 Å². The highest BCUT2D eigenvalue weighted by molar-refractivity contribution is 5.92. The fourth-order valence-electron chi connectivity index (χ4n) is 4.73. The molecule has 182 valence electrons. The Morgan fingerprint density at radius 1 is 0.943 bits per heavy atom. The quantitative estimate of drug-likeness (QED) is 0.431. The molecule has 1 fully saturated rings. The number of methoxy groups -OCH3 is 2. The minimum absolute atomic E-state index is 0.0545. The number of hydrogen-bond donors (Lipinski definition) is 1. The summed E-state index contributed by atoms with van der Waals surface area (Å²) in [5.41, 5.74) is 9.09. The van der Waals surface area contributed by atoms with E-state index in [2.05, 4.69) is 38.7 Å². The number of hydrogen-bond acceptors (Lipinski definition) is 9. The fourth-order valence-corrected chi connectivity index (χ4v) is 4.73. The first-order valence-corrected chi connectivity index (χ1v) is 11.7. The van der Waals surface area contributed by atoms with E-state index in [1.165, 1.54) is 0 Å². The molecule has 9 nitrogen and oxygen atoms in total. The van der Waals surface area contributed by atoms with E-state index in [1.54, 1.807) is 26.7 Å². The van der Waals surface area contributed by atoms with E-state index < -0.39 is 0 Å². The molecule has 35 heavy (non-hydrogen) atoms. The van der Waals surface area contributed by atoms with Crippen LogP contribution >= 0.6 is 0 Å². The van der Waals surface area contributed by atoms with Gasteiger partial charge < -0.3 is 24.8 Å². The molecule has 4 aromatic rings. The van der Waals surface area contributed by atoms with E-state index >= 15 is 0 Å². The number of aromatic nitrogens is 4. The second-order valence-electron chi connectivity index (χ2n) is 9.17. The van der Waals surface area contributed by atoms with Crippen molar-refractivity contribution in [1.29, 1.82) is 0 Å². The topological polar surface area (TPSA) is 109 Å². The van der Waals surface area contributed by atoms with Crippen molar-refractivity contribution >= 4 is 27.8 Å². The first-order chi connectivity index (χ1) is 17.0. The summed E-state index contributed by atoms with van der Waals surface area (Å²) in [7, 11) is 3.23. The van der Waals surface area contributed by atoms with E-state index in [0.717, 1.165) is 27.8 Å². The summed E-state index contributed by atoms with van der Waals surface area (Å²) in [6.07, 6.45) is 3.08. The number of rotatable bonds is 7. The number of para-hydroxylation sites is 2. The normalized spacial score (nSPS) is 18.9. The number of nitrogens with zero attached hydrogens (tertiary/aromatic N) is 5. The van der Waals surface area contributed by atoms with Crippen LogP contribution in [-0.2, 0) is 0 Å². The van der Waals surface area contributed by atoms with Gasteiger partial charge in [0.1, 0.15) is 18.2 Å². The van der Waals surface area contributed by atoms with Gasteiger partial charge in [0.15, 0.2) is 11.5 Å². The highest BCUT2D eigenvalue weighted by Crippen LogP contribution is 2.37. The van der Waals surface area contributed by atoms with Crippen molar-refractivity contribution in [2.45, 2.75) is 26.0 Å². The number of benzene rings is 2. The first-order valence-electron chi connectivity index (χ1n) is 11.7. The van der Waals surface area contributed by atoms with Gasteiger partial charge in [-0.15, -0.1) is 0 Å². The molecule has 3 unspecified atom stereocenters. The van der Waals surface area contributed by atoms with Gasteiger partial charge in [0, 0.05) is 30.0 Å². The molecule has 0 saturated carbocycles. The van der Waals surface area contributed by atoms with Crippen LogP contribution in [0.1, 0.15) is 13.8 Å². The molecule has 0 bridgehead atoms. The van der Waals surface area contributed by atoms with Gasteiger partial charge in [0.2, 0.25) is 5.88 Å². The van der Waals surface area contributed by atoms with Gasteiger partial charge in [0.05, 0.1) is 43.5 Å². The van der Waals surface area contributed by atoms with Crippen molar-refractivity contribution in [2.24, 2.45) is 17.6 Å². The highest BCUT2D eigenvalue weighted by atomic mass is 16.5. The zero-order valence-electron chi connectivity index (χ0n) is 20.4. The van der Waals surface area contributed by atoms with Gasteiger partial charge in [-0.2, -0.15) is 0 Å². The monoisotopic (exact) mass is 474 g/mol. The third-order valence-electron chi connectivity index (χ3n) is 6.69. The van der Waals surface area contributed by atoms with Crippen molar-refractivity contribution in [1.82, 2.24) is 19.9 Å². The summed E-state index contributed by atoms with van der Waals surface area (Å²) >= 11 is 0. The lowest BCUT2D eigenvalue weighted by atomic mass is 9.89. The summed E-state index contributed by atoms with van der Waals surface area (Å²) in [5.74, 6) is 2.93. The molecular formula is C26H30N6O3. The van der Waals surface area contributed by atoms with Gasteiger partial charge in [-0.1, -0.05) is 26.0 Å². The van der Waals surface area contributed by atoms with E-state index in [1.807, 2.05) is 36.4 Å². The molecular weight excluding hydrogens is 444 g/mol. The Balaban J connectivity index is 1.49. The van der Waals surface area contributed by atoms with Crippen molar-refractivity contribution in [3.8, 4) is 17.4 Å². The lowest BCUT2D eigenvalue weighted by Gasteiger charge is -2.27. The van der Waals surface area contributed by atoms with Crippen LogP contribution in [0.25, 0.3) is 21.9 Å². The maximum Gasteiger partial charge on any atom is 0.233 e. The molecule has 2 aromatic heterocycles. The smallest absolute Gasteiger partial charge is 0.233 e. The van der Waals surface area contributed by atoms with Gasteiger partial charge in [-0.3, -0.25) is 0 Å². The summed E-state index contributed by atoms with van der Waals surface area (Å²) in [5, 5.41) is 0.883. The molecule has 2 aromatic carbocycles. The minimum Gasteiger partial charge on any atom is -0.493 e. The van der Waals surface area contributed by atoms with Gasteiger partial charge in [-0.05, 0) is 24.1 Å². The van der Waals surface area contributed by atoms with Gasteiger partial charge in [-0.25, -0.2) is 19.9 Å². The number of nitrogens with two attached hydrogens (primary N) is 1. The minimum atomic E-state index is -0.173. The van der Waals surface area contributed by atoms with E-state index in [4.69, 9.17) is 19.9 Å². The van der Waals surface area contributed by atoms with Crippen LogP contribution in [0.2, 0.25) is 0 Å². The van der Waals surface area contributed by atoms with Crippen molar-refractivity contribution in [2.75, 3.05) is 32.2 Å². The van der Waals surface area contributed by atoms with Crippen LogP contribution in [-0.4, -0.2) is 59.4 Å². The van der Waals surface area contributed by atoms with Crippen LogP contribution in [0.5, 0.6) is 17.4 Å². The highest BCUT2D eigenvalue weighted by Gasteiger charge is 2.40. The predicted octanol–water partition coefficient (Wildman–Crippen LogP) is 3.46. The molecule has 1 saturated heterocycles. The van der Waals surface area contributed by atoms with Crippen LogP contribution in [0.3, 0.4) is 0 Å². The number of fused-ring (bicyclic) bond motifs is 2. The maximum absolute atomic E-state index is 6.68. The second kappa shape index (κ2) is 9.50. The molecule has 3 atom stereocenters. The summed E-state index contributed by atoms with van der Waals surface area (Å²) < 4.78 is 17.4. The lowest BCUT2D eigenvalue weighted by molar-refractivity contribution is 0.140. The Kier molecular flexibility index (Phi) is 6.25. The van der Waals surface area contributed by atoms with Gasteiger partial charge >= 0.3 is 0 Å². The molecule has 0 aliphatic carbocycles. The average Bonchev–Trinajstić information content (AvgIpc) is 3.30. The maximum atomic E-state index is 6.68. The summed E-state index contributed by atoms with van der Waals surface area (Å²) in [6, 6.07) is 11.5. The molecule has 1 aliphatic heterocycles. The first kappa shape index (κ1) is 23.0. The molecule has 9 heteroatoms. The van der Waals surface area contributed by atoms with Crippen LogP contribution < -0.4 is 24.8 Å². The van der Waals surface area contributed by atoms with Crippen molar-refractivity contribution in [3.63, 3.8) is 0 Å². The second-order valence-corrected chi connectivity index (χ2v) is 9.17. The third-order valence-corrected chi connectivity index (χ3v) is 6.69. The Morgan fingerprint density at radius 3 is 2.43 bits per heavy atom. The number of anilines is 1. The summed E-state index contributed by atoms with van der Waals surface area (Å²) in [6.45, 7) is 5.58. The van der Waals surface area contributed by atoms with E-state index in [0.29, 0.717) is 36.4 Å². The molecule has 1 aliphatic rings. The third kappa shape index (κ3) is 4.39. The van der Waals surface area contributed by atoms with Crippen molar-refractivity contribution < 1.29 is 14.2 Å². The largest absolute Gasteiger partial charge is 0.493 e. The van der Waals surface area contributed by atoms with Crippen LogP contribution in [0.4, 0.5) is 5.82 Å². The molecule has 5 rings (SSSR count). The fraction of sp³-hybridized carbons (Fsp3) is 0.385. The summed E-state index contributed by atoms with van der Waals surface area (Å²) in [4.78, 5) is 20.5. The Hall–Kier alpha value is -3.72. The lowest BCUT2D eigenvalue weighted by Crippen LogP contribution is -2.43. The zero-order valence-corrected chi connectivity index (χ0v) is 20.4. The zero-order chi connectivity index (χ0) is 24.5. The Bertz CT molecular complexity index is 1350. The Morgan fingerprint density at radius 2 is 1.69 bits per heavy atom. The van der Waals surface area contributed by atoms with Gasteiger partial charge in [0.25, 0.3) is 0 Å². The predicted molar refractivity (Wildman–Crippen MR) is 135 cm³/mol. The van der Waals surface area contributed by atoms with Crippen LogP contribution in [0.15, 0.2) is 48.9 Å². The SMILES string of the molecule is COc1cc2ncnc(N3CC(Oc4cnc5ccccc5n4)C(C(N)C(C)C)C3)c2cc1OC. The average molecular weight is 475 g/mol. The molecule has 0 spiro atoms. The Labute approximate surface area is 204 Å². The molecule has 3 heterocycles. The molecule has 0 radical (unpaired) electrons. The van der Waals surface area contributed by atoms with Crippen LogP contribution in [0, 0.1) is 11.8 Å². The standard InChI is InChI=1S/C26H30N6O3/c1-15(2)25(27)17-12-32(13-23(17)35-24-11-28-18-7-5-6-8-19(18)31-24)26-16-9-21(33-3)22(34-4)10-20(16)29-14-30-26/h5-11,14-15,17,23,25H,12-13,27H2,1-4H3. The molecule has 0 amide bonds.